The Hall–Kier alpha value is -0.120. The molecule has 0 bridgehead atoms. The van der Waals surface area contributed by atoms with Gasteiger partial charge in [-0.05, 0) is 64.8 Å². The molecule has 116 valence electrons. The van der Waals surface area contributed by atoms with E-state index in [-0.39, 0.29) is 5.60 Å². The van der Waals surface area contributed by atoms with Crippen molar-refractivity contribution < 1.29 is 4.74 Å². The standard InChI is InChI=1S/C17H32N2O/c1-17(2)12-13(9-11-20-17)19-16-7-4-3-6-14(16)15-8-5-10-18-15/h13-16,18-19H,3-12H2,1-2H3. The zero-order valence-corrected chi connectivity index (χ0v) is 13.3. The number of ether oxygens (including phenoxy) is 1. The Kier molecular flexibility index (Phi) is 4.68. The molecule has 1 saturated carbocycles. The van der Waals surface area contributed by atoms with Crippen molar-refractivity contribution >= 4 is 0 Å². The van der Waals surface area contributed by atoms with Crippen LogP contribution in [0.25, 0.3) is 0 Å². The molecule has 4 unspecified atom stereocenters. The molecule has 0 aromatic carbocycles. The average Bonchev–Trinajstić information content (AvgIpc) is 2.92. The van der Waals surface area contributed by atoms with Crippen molar-refractivity contribution in [2.24, 2.45) is 5.92 Å². The fourth-order valence-electron chi connectivity index (χ4n) is 4.60. The van der Waals surface area contributed by atoms with Gasteiger partial charge < -0.3 is 15.4 Å². The van der Waals surface area contributed by atoms with Gasteiger partial charge in [0.05, 0.1) is 5.60 Å². The van der Waals surface area contributed by atoms with Crippen molar-refractivity contribution in [3.8, 4) is 0 Å². The highest BCUT2D eigenvalue weighted by Crippen LogP contribution is 2.32. The molecule has 3 fully saturated rings. The van der Waals surface area contributed by atoms with Gasteiger partial charge in [-0.3, -0.25) is 0 Å². The summed E-state index contributed by atoms with van der Waals surface area (Å²) in [6.07, 6.45) is 10.7. The summed E-state index contributed by atoms with van der Waals surface area (Å²) in [7, 11) is 0. The normalized spacial score (nSPS) is 41.7. The van der Waals surface area contributed by atoms with E-state index >= 15 is 0 Å². The fourth-order valence-corrected chi connectivity index (χ4v) is 4.60. The third-order valence-corrected chi connectivity index (χ3v) is 5.58. The number of nitrogens with one attached hydrogen (secondary N) is 2. The van der Waals surface area contributed by atoms with Gasteiger partial charge in [0.15, 0.2) is 0 Å². The number of rotatable bonds is 3. The Morgan fingerprint density at radius 3 is 2.65 bits per heavy atom. The second kappa shape index (κ2) is 6.33. The first-order valence-electron chi connectivity index (χ1n) is 8.77. The Bertz CT molecular complexity index is 312. The fraction of sp³-hybridized carbons (Fsp3) is 1.00. The van der Waals surface area contributed by atoms with Gasteiger partial charge in [0, 0.05) is 24.7 Å². The first kappa shape index (κ1) is 14.8. The summed E-state index contributed by atoms with van der Waals surface area (Å²) in [5, 5.41) is 7.77. The Morgan fingerprint density at radius 2 is 1.90 bits per heavy atom. The number of hydrogen-bond acceptors (Lipinski definition) is 3. The second-order valence-electron chi connectivity index (χ2n) is 7.72. The van der Waals surface area contributed by atoms with E-state index in [0.717, 1.165) is 31.0 Å². The van der Waals surface area contributed by atoms with Gasteiger partial charge in [0.1, 0.15) is 0 Å². The predicted octanol–water partition coefficient (Wildman–Crippen LogP) is 2.84. The summed E-state index contributed by atoms with van der Waals surface area (Å²) in [5.74, 6) is 0.859. The maximum atomic E-state index is 5.86. The summed E-state index contributed by atoms with van der Waals surface area (Å²) in [6, 6.07) is 2.17. The minimum absolute atomic E-state index is 0.0612. The lowest BCUT2D eigenvalue weighted by molar-refractivity contribution is -0.0658. The minimum Gasteiger partial charge on any atom is -0.375 e. The van der Waals surface area contributed by atoms with Crippen molar-refractivity contribution in [2.75, 3.05) is 13.2 Å². The van der Waals surface area contributed by atoms with Crippen molar-refractivity contribution in [1.29, 1.82) is 0 Å². The molecule has 0 spiro atoms. The number of hydrogen-bond donors (Lipinski definition) is 2. The van der Waals surface area contributed by atoms with Crippen LogP contribution in [0.1, 0.15) is 65.2 Å². The van der Waals surface area contributed by atoms with Gasteiger partial charge in [-0.2, -0.15) is 0 Å². The van der Waals surface area contributed by atoms with Crippen molar-refractivity contribution in [3.63, 3.8) is 0 Å². The van der Waals surface area contributed by atoms with E-state index in [0.29, 0.717) is 6.04 Å². The monoisotopic (exact) mass is 280 g/mol. The van der Waals surface area contributed by atoms with Gasteiger partial charge >= 0.3 is 0 Å². The third kappa shape index (κ3) is 3.55. The molecule has 2 aliphatic heterocycles. The molecule has 3 heteroatoms. The maximum absolute atomic E-state index is 5.86. The van der Waals surface area contributed by atoms with Crippen LogP contribution in [0, 0.1) is 5.92 Å². The van der Waals surface area contributed by atoms with Crippen molar-refractivity contribution in [3.05, 3.63) is 0 Å². The second-order valence-corrected chi connectivity index (χ2v) is 7.72. The molecule has 1 aliphatic carbocycles. The molecule has 2 heterocycles. The zero-order chi connectivity index (χ0) is 14.0. The lowest BCUT2D eigenvalue weighted by Gasteiger charge is -2.42. The lowest BCUT2D eigenvalue weighted by Crippen LogP contribution is -2.53. The van der Waals surface area contributed by atoms with E-state index in [2.05, 4.69) is 24.5 Å². The lowest BCUT2D eigenvalue weighted by atomic mass is 9.78. The van der Waals surface area contributed by atoms with Crippen LogP contribution in [0.3, 0.4) is 0 Å². The van der Waals surface area contributed by atoms with Crippen LogP contribution in [-0.2, 0) is 4.74 Å². The van der Waals surface area contributed by atoms with Gasteiger partial charge in [-0.1, -0.05) is 12.8 Å². The van der Waals surface area contributed by atoms with Gasteiger partial charge in [0.2, 0.25) is 0 Å². The van der Waals surface area contributed by atoms with E-state index in [1.165, 1.54) is 51.5 Å². The average molecular weight is 280 g/mol. The Balaban J connectivity index is 1.58. The molecule has 0 aromatic heterocycles. The molecule has 0 radical (unpaired) electrons. The van der Waals surface area contributed by atoms with Crippen LogP contribution < -0.4 is 10.6 Å². The van der Waals surface area contributed by atoms with Crippen LogP contribution in [0.5, 0.6) is 0 Å². The van der Waals surface area contributed by atoms with Gasteiger partial charge in [-0.25, -0.2) is 0 Å². The maximum Gasteiger partial charge on any atom is 0.0641 e. The van der Waals surface area contributed by atoms with Crippen LogP contribution >= 0.6 is 0 Å². The summed E-state index contributed by atoms with van der Waals surface area (Å²) < 4.78 is 5.86. The summed E-state index contributed by atoms with van der Waals surface area (Å²) in [6.45, 7) is 6.62. The largest absolute Gasteiger partial charge is 0.375 e. The highest BCUT2D eigenvalue weighted by Gasteiger charge is 2.36. The topological polar surface area (TPSA) is 33.3 Å². The summed E-state index contributed by atoms with van der Waals surface area (Å²) in [5.41, 5.74) is 0.0612. The Labute approximate surface area is 124 Å². The molecule has 3 rings (SSSR count). The Morgan fingerprint density at radius 1 is 1.05 bits per heavy atom. The van der Waals surface area contributed by atoms with E-state index < -0.39 is 0 Å². The summed E-state index contributed by atoms with van der Waals surface area (Å²) in [4.78, 5) is 0. The van der Waals surface area contributed by atoms with Crippen LogP contribution in [-0.4, -0.2) is 36.9 Å². The molecule has 3 nitrogen and oxygen atoms in total. The predicted molar refractivity (Wildman–Crippen MR) is 83.0 cm³/mol. The van der Waals surface area contributed by atoms with Crippen molar-refractivity contribution in [2.45, 2.75) is 88.9 Å². The minimum atomic E-state index is 0.0612. The highest BCUT2D eigenvalue weighted by atomic mass is 16.5. The molecule has 2 N–H and O–H groups in total. The molecule has 20 heavy (non-hydrogen) atoms. The smallest absolute Gasteiger partial charge is 0.0641 e. The molecule has 2 saturated heterocycles. The molecule has 4 atom stereocenters. The van der Waals surface area contributed by atoms with Crippen LogP contribution in [0.15, 0.2) is 0 Å². The van der Waals surface area contributed by atoms with E-state index in [1.807, 2.05) is 0 Å². The van der Waals surface area contributed by atoms with Gasteiger partial charge in [-0.15, -0.1) is 0 Å². The summed E-state index contributed by atoms with van der Waals surface area (Å²) >= 11 is 0. The molecule has 0 aromatic rings. The van der Waals surface area contributed by atoms with E-state index in [1.54, 1.807) is 0 Å². The SMILES string of the molecule is CC1(C)CC(NC2CCCCC2C2CCCN2)CCO1. The first-order chi connectivity index (χ1) is 9.64. The van der Waals surface area contributed by atoms with Crippen LogP contribution in [0.2, 0.25) is 0 Å². The van der Waals surface area contributed by atoms with E-state index in [9.17, 15) is 0 Å². The molecular weight excluding hydrogens is 248 g/mol. The highest BCUT2D eigenvalue weighted by molar-refractivity contribution is 4.94. The third-order valence-electron chi connectivity index (χ3n) is 5.58. The van der Waals surface area contributed by atoms with Crippen LogP contribution in [0.4, 0.5) is 0 Å². The molecule has 0 amide bonds. The van der Waals surface area contributed by atoms with E-state index in [4.69, 9.17) is 4.74 Å². The molecule has 3 aliphatic rings. The first-order valence-corrected chi connectivity index (χ1v) is 8.77. The van der Waals surface area contributed by atoms with Gasteiger partial charge in [0.25, 0.3) is 0 Å². The quantitative estimate of drug-likeness (QED) is 0.834. The molecular formula is C17H32N2O. The van der Waals surface area contributed by atoms with Crippen molar-refractivity contribution in [1.82, 2.24) is 10.6 Å². The zero-order valence-electron chi connectivity index (χ0n) is 13.3.